The van der Waals surface area contributed by atoms with E-state index in [1.54, 1.807) is 0 Å². The Morgan fingerprint density at radius 1 is 1.14 bits per heavy atom. The summed E-state index contributed by atoms with van der Waals surface area (Å²) in [4.78, 5) is 12.3. The van der Waals surface area contributed by atoms with Crippen LogP contribution in [-0.2, 0) is 0 Å². The summed E-state index contributed by atoms with van der Waals surface area (Å²) in [6, 6.07) is 16.0. The number of carbonyl (C=O) groups is 1. The van der Waals surface area contributed by atoms with Crippen molar-refractivity contribution in [2.24, 2.45) is 0 Å². The molecular weight excluding hydrogens is 438 g/mol. The minimum absolute atomic E-state index is 0.194. The summed E-state index contributed by atoms with van der Waals surface area (Å²) in [5.41, 5.74) is 1.96. The molecule has 2 aromatic carbocycles. The van der Waals surface area contributed by atoms with Crippen molar-refractivity contribution in [2.45, 2.75) is 44.1 Å². The van der Waals surface area contributed by atoms with Crippen molar-refractivity contribution in [1.29, 1.82) is 0 Å². The molecule has 1 unspecified atom stereocenters. The van der Waals surface area contributed by atoms with Gasteiger partial charge >= 0.3 is 6.03 Å². The first-order valence-electron chi connectivity index (χ1n) is 9.89. The Balaban J connectivity index is 1.54. The van der Waals surface area contributed by atoms with E-state index < -0.39 is 0 Å². The molecule has 0 saturated heterocycles. The second-order valence-corrected chi connectivity index (χ2v) is 8.67. The molecule has 0 spiro atoms. The quantitative estimate of drug-likeness (QED) is 0.453. The fourth-order valence-electron chi connectivity index (χ4n) is 3.67. The van der Waals surface area contributed by atoms with E-state index in [2.05, 4.69) is 44.0 Å². The average Bonchev–Trinajstić information content (AvgIpc) is 3.19. The fraction of sp³-hybridized carbons (Fsp3) is 0.409. The van der Waals surface area contributed by atoms with Gasteiger partial charge in [-0.2, -0.15) is 0 Å². The molecule has 6 heteroatoms. The third-order valence-corrected chi connectivity index (χ3v) is 5.96. The van der Waals surface area contributed by atoms with Crippen LogP contribution in [0.1, 0.15) is 43.6 Å². The van der Waals surface area contributed by atoms with E-state index in [0.717, 1.165) is 28.1 Å². The fourth-order valence-corrected chi connectivity index (χ4v) is 4.20. The predicted octanol–water partition coefficient (Wildman–Crippen LogP) is 5.93. The molecule has 3 rings (SSSR count). The zero-order valence-corrected chi connectivity index (χ0v) is 18.2. The summed E-state index contributed by atoms with van der Waals surface area (Å²) in [6.07, 6.45) is 6.18. The summed E-state index contributed by atoms with van der Waals surface area (Å²) >= 11 is 9.46. The molecule has 3 N–H and O–H groups in total. The number of halogens is 2. The summed E-state index contributed by atoms with van der Waals surface area (Å²) in [7, 11) is 0. The molecular formula is C22H27BrClN3O. The van der Waals surface area contributed by atoms with Crippen molar-refractivity contribution in [3.63, 3.8) is 0 Å². The molecule has 1 atom stereocenters. The number of urea groups is 1. The number of anilines is 1. The number of hydrogen-bond acceptors (Lipinski definition) is 2. The minimum Gasteiger partial charge on any atom is -0.337 e. The van der Waals surface area contributed by atoms with Crippen molar-refractivity contribution >= 4 is 39.2 Å². The molecule has 0 bridgehead atoms. The molecule has 0 heterocycles. The first-order chi connectivity index (χ1) is 13.6. The molecule has 150 valence electrons. The Labute approximate surface area is 180 Å². The number of carbonyl (C=O) groups excluding carboxylic acids is 1. The van der Waals surface area contributed by atoms with Gasteiger partial charge in [-0.15, -0.1) is 0 Å². The van der Waals surface area contributed by atoms with E-state index in [1.807, 2.05) is 36.4 Å². The molecule has 2 aromatic rings. The second-order valence-electron chi connectivity index (χ2n) is 7.32. The number of benzene rings is 2. The Bertz CT molecular complexity index is 763. The van der Waals surface area contributed by atoms with E-state index >= 15 is 0 Å². The molecule has 1 aliphatic rings. The Morgan fingerprint density at radius 3 is 2.61 bits per heavy atom. The highest BCUT2D eigenvalue weighted by atomic mass is 79.9. The predicted molar refractivity (Wildman–Crippen MR) is 120 cm³/mol. The number of nitrogens with one attached hydrogen (secondary N) is 3. The average molecular weight is 465 g/mol. The highest BCUT2D eigenvalue weighted by molar-refractivity contribution is 9.10. The van der Waals surface area contributed by atoms with Gasteiger partial charge in [0.1, 0.15) is 0 Å². The molecule has 1 aliphatic carbocycles. The lowest BCUT2D eigenvalue weighted by atomic mass is 9.95. The van der Waals surface area contributed by atoms with Gasteiger partial charge in [0.2, 0.25) is 0 Å². The molecule has 2 amide bonds. The summed E-state index contributed by atoms with van der Waals surface area (Å²) in [5, 5.41) is 10.3. The zero-order valence-electron chi connectivity index (χ0n) is 15.9. The highest BCUT2D eigenvalue weighted by Gasteiger charge is 2.17. The summed E-state index contributed by atoms with van der Waals surface area (Å²) in [6.45, 7) is 1.53. The molecule has 1 saturated carbocycles. The molecule has 0 radical (unpaired) electrons. The lowest BCUT2D eigenvalue weighted by molar-refractivity contribution is 0.251. The van der Waals surface area contributed by atoms with Gasteiger partial charge in [-0.1, -0.05) is 58.6 Å². The van der Waals surface area contributed by atoms with Crippen LogP contribution in [0.2, 0.25) is 5.02 Å². The summed E-state index contributed by atoms with van der Waals surface area (Å²) < 4.78 is 0.933. The van der Waals surface area contributed by atoms with Crippen molar-refractivity contribution in [1.82, 2.24) is 10.6 Å². The van der Waals surface area contributed by atoms with Crippen LogP contribution in [0, 0.1) is 0 Å². The molecule has 1 fully saturated rings. The zero-order chi connectivity index (χ0) is 19.8. The van der Waals surface area contributed by atoms with Crippen LogP contribution >= 0.6 is 27.5 Å². The smallest absolute Gasteiger partial charge is 0.319 e. The van der Waals surface area contributed by atoms with Crippen LogP contribution in [0.4, 0.5) is 10.5 Å². The normalized spacial score (nSPS) is 15.4. The monoisotopic (exact) mass is 463 g/mol. The minimum atomic E-state index is -0.194. The van der Waals surface area contributed by atoms with Crippen molar-refractivity contribution in [3.8, 4) is 0 Å². The van der Waals surface area contributed by atoms with E-state index in [1.165, 1.54) is 31.2 Å². The Hall–Kier alpha value is -1.56. The van der Waals surface area contributed by atoms with Crippen molar-refractivity contribution < 1.29 is 4.79 Å². The van der Waals surface area contributed by atoms with Crippen LogP contribution in [0.25, 0.3) is 0 Å². The lowest BCUT2D eigenvalue weighted by Crippen LogP contribution is -2.34. The van der Waals surface area contributed by atoms with Gasteiger partial charge in [0, 0.05) is 33.7 Å². The largest absolute Gasteiger partial charge is 0.337 e. The van der Waals surface area contributed by atoms with Crippen molar-refractivity contribution in [2.75, 3.05) is 18.4 Å². The van der Waals surface area contributed by atoms with Crippen LogP contribution in [-0.4, -0.2) is 25.2 Å². The van der Waals surface area contributed by atoms with Gasteiger partial charge in [-0.25, -0.2) is 4.79 Å². The van der Waals surface area contributed by atoms with Gasteiger partial charge in [0.15, 0.2) is 0 Å². The summed E-state index contributed by atoms with van der Waals surface area (Å²) in [5.74, 6) is 0.236. The second kappa shape index (κ2) is 10.8. The Kier molecular flexibility index (Phi) is 8.19. The van der Waals surface area contributed by atoms with Crippen LogP contribution < -0.4 is 16.0 Å². The number of amides is 2. The van der Waals surface area contributed by atoms with Crippen LogP contribution in [0.3, 0.4) is 0 Å². The Morgan fingerprint density at radius 2 is 1.89 bits per heavy atom. The highest BCUT2D eigenvalue weighted by Crippen LogP contribution is 2.22. The standard InChI is InChI=1S/C22H27BrClN3O/c23-18-4-3-7-21(14-18)27-22(28)26-15-17(16-8-10-19(24)11-9-16)12-13-25-20-5-1-2-6-20/h3-4,7-11,14,17,20,25H,1-2,5-6,12-13,15H2,(H2,26,27,28). The molecule has 28 heavy (non-hydrogen) atoms. The van der Waals surface area contributed by atoms with E-state index in [0.29, 0.717) is 12.6 Å². The van der Waals surface area contributed by atoms with Crippen molar-refractivity contribution in [3.05, 3.63) is 63.6 Å². The van der Waals surface area contributed by atoms with Gasteiger partial charge in [0.05, 0.1) is 0 Å². The van der Waals surface area contributed by atoms with Gasteiger partial charge in [-0.3, -0.25) is 0 Å². The molecule has 4 nitrogen and oxygen atoms in total. The topological polar surface area (TPSA) is 53.2 Å². The van der Waals surface area contributed by atoms with E-state index in [4.69, 9.17) is 11.6 Å². The van der Waals surface area contributed by atoms with Crippen LogP contribution in [0.15, 0.2) is 53.0 Å². The maximum Gasteiger partial charge on any atom is 0.319 e. The first-order valence-corrected chi connectivity index (χ1v) is 11.1. The lowest BCUT2D eigenvalue weighted by Gasteiger charge is -2.20. The van der Waals surface area contributed by atoms with E-state index in [9.17, 15) is 4.79 Å². The first kappa shape index (κ1) is 21.2. The number of rotatable bonds is 8. The van der Waals surface area contributed by atoms with Gasteiger partial charge in [0.25, 0.3) is 0 Å². The third kappa shape index (κ3) is 6.80. The molecule has 0 aromatic heterocycles. The third-order valence-electron chi connectivity index (χ3n) is 5.21. The maximum atomic E-state index is 12.3. The van der Waals surface area contributed by atoms with Gasteiger partial charge in [-0.05, 0) is 61.7 Å². The number of hydrogen-bond donors (Lipinski definition) is 3. The molecule has 0 aliphatic heterocycles. The van der Waals surface area contributed by atoms with Gasteiger partial charge < -0.3 is 16.0 Å². The SMILES string of the molecule is O=C(NCC(CCNC1CCCC1)c1ccc(Cl)cc1)Nc1cccc(Br)c1. The van der Waals surface area contributed by atoms with Crippen LogP contribution in [0.5, 0.6) is 0 Å². The van der Waals surface area contributed by atoms with E-state index in [-0.39, 0.29) is 11.9 Å². The maximum absolute atomic E-state index is 12.3.